The molecule has 0 heteroatoms. The molecule has 0 nitrogen and oxygen atoms in total. The molecule has 1 rings (SSSR count). The summed E-state index contributed by atoms with van der Waals surface area (Å²) in [5, 5.41) is 0. The van der Waals surface area contributed by atoms with Gasteiger partial charge in [0.25, 0.3) is 0 Å². The average molecular weight is 289 g/mol. The quantitative estimate of drug-likeness (QED) is 0.467. The molecule has 0 aromatic heterocycles. The molecule has 0 saturated heterocycles. The summed E-state index contributed by atoms with van der Waals surface area (Å²) in [6, 6.07) is 0. The van der Waals surface area contributed by atoms with Gasteiger partial charge in [-0.3, -0.25) is 0 Å². The van der Waals surface area contributed by atoms with Crippen LogP contribution in [-0.2, 0) is 0 Å². The molecule has 120 valence electrons. The summed E-state index contributed by atoms with van der Waals surface area (Å²) in [5.74, 6) is 0. The monoisotopic (exact) mass is 288 g/mol. The summed E-state index contributed by atoms with van der Waals surface area (Å²) in [5.41, 5.74) is 7.77. The molecule has 0 aromatic carbocycles. The summed E-state index contributed by atoms with van der Waals surface area (Å²) in [6.07, 6.45) is 8.94. The molecule has 0 radical (unpaired) electrons. The second-order valence-electron chi connectivity index (χ2n) is 5.84. The van der Waals surface area contributed by atoms with Crippen molar-refractivity contribution in [3.8, 4) is 0 Å². The van der Waals surface area contributed by atoms with E-state index in [9.17, 15) is 0 Å². The Balaban J connectivity index is 0. The average Bonchev–Trinajstić information content (AvgIpc) is 2.50. The van der Waals surface area contributed by atoms with Crippen molar-refractivity contribution in [1.29, 1.82) is 0 Å². The Labute approximate surface area is 134 Å². The van der Waals surface area contributed by atoms with Crippen molar-refractivity contribution >= 4 is 0 Å². The van der Waals surface area contributed by atoms with Gasteiger partial charge in [-0.25, -0.2) is 0 Å². The summed E-state index contributed by atoms with van der Waals surface area (Å²) in [4.78, 5) is 0. The first-order valence-corrected chi connectivity index (χ1v) is 8.18. The number of rotatable bonds is 1. The lowest BCUT2D eigenvalue weighted by Gasteiger charge is -2.16. The predicted octanol–water partition coefficient (Wildman–Crippen LogP) is 7.56. The van der Waals surface area contributed by atoms with Gasteiger partial charge >= 0.3 is 0 Å². The van der Waals surface area contributed by atoms with E-state index in [4.69, 9.17) is 0 Å². The van der Waals surface area contributed by atoms with Gasteiger partial charge in [-0.1, -0.05) is 76.5 Å². The van der Waals surface area contributed by atoms with Crippen LogP contribution in [0.15, 0.2) is 58.2 Å². The van der Waals surface area contributed by atoms with E-state index < -0.39 is 0 Å². The highest BCUT2D eigenvalue weighted by atomic mass is 14.2. The van der Waals surface area contributed by atoms with Crippen molar-refractivity contribution in [2.45, 2.75) is 75.2 Å². The summed E-state index contributed by atoms with van der Waals surface area (Å²) < 4.78 is 0. The van der Waals surface area contributed by atoms with Gasteiger partial charge < -0.3 is 0 Å². The van der Waals surface area contributed by atoms with E-state index in [0.29, 0.717) is 0 Å². The molecular weight excluding hydrogens is 252 g/mol. The molecule has 0 amide bonds. The highest BCUT2D eigenvalue weighted by Crippen LogP contribution is 2.32. The largest absolute Gasteiger partial charge is 0.0955 e. The van der Waals surface area contributed by atoms with Crippen LogP contribution in [0.4, 0.5) is 0 Å². The predicted molar refractivity (Wildman–Crippen MR) is 101 cm³/mol. The smallest absolute Gasteiger partial charge is 0.0129 e. The number of hydrogen-bond donors (Lipinski definition) is 0. The molecule has 21 heavy (non-hydrogen) atoms. The molecule has 0 unspecified atom stereocenters. The van der Waals surface area contributed by atoms with E-state index in [1.54, 1.807) is 0 Å². The Morgan fingerprint density at radius 3 is 1.71 bits per heavy atom. The van der Waals surface area contributed by atoms with Crippen molar-refractivity contribution in [1.82, 2.24) is 0 Å². The Morgan fingerprint density at radius 1 is 0.952 bits per heavy atom. The van der Waals surface area contributed by atoms with E-state index in [2.05, 4.69) is 87.1 Å². The van der Waals surface area contributed by atoms with Crippen LogP contribution in [-0.4, -0.2) is 0 Å². The molecular formula is C21H36. The lowest BCUT2D eigenvalue weighted by Crippen LogP contribution is -1.97. The highest BCUT2D eigenvalue weighted by Gasteiger charge is 2.13. The fraction of sp³-hybridized carbons (Fsp3) is 0.524. The molecule has 0 spiro atoms. The molecule has 0 aliphatic heterocycles. The van der Waals surface area contributed by atoms with Crippen LogP contribution in [0.5, 0.6) is 0 Å². The Morgan fingerprint density at radius 2 is 1.38 bits per heavy atom. The molecule has 0 bridgehead atoms. The minimum absolute atomic E-state index is 1.14. The highest BCUT2D eigenvalue weighted by molar-refractivity contribution is 5.61. The van der Waals surface area contributed by atoms with E-state index in [1.807, 2.05) is 0 Å². The van der Waals surface area contributed by atoms with E-state index in [1.165, 1.54) is 40.7 Å². The zero-order valence-electron chi connectivity index (χ0n) is 15.9. The van der Waals surface area contributed by atoms with Crippen LogP contribution >= 0.6 is 0 Å². The van der Waals surface area contributed by atoms with Crippen molar-refractivity contribution in [2.75, 3.05) is 0 Å². The van der Waals surface area contributed by atoms with Crippen LogP contribution in [0.3, 0.4) is 0 Å². The molecule has 0 atom stereocenters. The maximum absolute atomic E-state index is 4.08. The van der Waals surface area contributed by atoms with Gasteiger partial charge in [0.05, 0.1) is 0 Å². The van der Waals surface area contributed by atoms with Crippen molar-refractivity contribution in [2.24, 2.45) is 0 Å². The Hall–Kier alpha value is -1.30. The molecule has 0 aromatic rings. The van der Waals surface area contributed by atoms with E-state index in [0.717, 1.165) is 5.57 Å². The topological polar surface area (TPSA) is 0 Å². The zero-order chi connectivity index (χ0) is 17.0. The SMILES string of the molecule is C=C(C)C1=C(C)C=CC=C(C)C1=C(C)C.CCC.CCC. The minimum atomic E-state index is 1.14. The van der Waals surface area contributed by atoms with Gasteiger partial charge in [-0.05, 0) is 56.9 Å². The van der Waals surface area contributed by atoms with Crippen LogP contribution in [0.25, 0.3) is 0 Å². The van der Waals surface area contributed by atoms with Crippen molar-refractivity contribution < 1.29 is 0 Å². The molecule has 0 fully saturated rings. The third kappa shape index (κ3) is 8.55. The number of allylic oxidation sites excluding steroid dienone is 9. The third-order valence-corrected chi connectivity index (χ3v) is 2.66. The summed E-state index contributed by atoms with van der Waals surface area (Å²) >= 11 is 0. The van der Waals surface area contributed by atoms with Crippen LogP contribution in [0.1, 0.15) is 75.2 Å². The van der Waals surface area contributed by atoms with Gasteiger partial charge in [0.15, 0.2) is 0 Å². The van der Waals surface area contributed by atoms with Crippen molar-refractivity contribution in [3.05, 3.63) is 58.2 Å². The van der Waals surface area contributed by atoms with E-state index in [-0.39, 0.29) is 0 Å². The second kappa shape index (κ2) is 12.4. The molecule has 0 N–H and O–H groups in total. The zero-order valence-corrected chi connectivity index (χ0v) is 15.9. The van der Waals surface area contributed by atoms with E-state index >= 15 is 0 Å². The Kier molecular flexibility index (Phi) is 13.0. The Bertz CT molecular complexity index is 431. The first-order valence-electron chi connectivity index (χ1n) is 8.18. The van der Waals surface area contributed by atoms with Gasteiger partial charge in [-0.2, -0.15) is 0 Å². The normalized spacial score (nSPS) is 13.4. The van der Waals surface area contributed by atoms with Crippen LogP contribution < -0.4 is 0 Å². The second-order valence-corrected chi connectivity index (χ2v) is 5.84. The summed E-state index contributed by atoms with van der Waals surface area (Å²) in [6.45, 7) is 23.3. The number of hydrogen-bond acceptors (Lipinski definition) is 0. The maximum atomic E-state index is 4.08. The van der Waals surface area contributed by atoms with Gasteiger partial charge in [-0.15, -0.1) is 0 Å². The van der Waals surface area contributed by atoms with Gasteiger partial charge in [0.2, 0.25) is 0 Å². The molecule has 0 heterocycles. The molecule has 1 aliphatic carbocycles. The fourth-order valence-corrected chi connectivity index (χ4v) is 2.09. The fourth-order valence-electron chi connectivity index (χ4n) is 2.09. The van der Waals surface area contributed by atoms with Crippen LogP contribution in [0.2, 0.25) is 0 Å². The first kappa shape index (κ1) is 22.0. The van der Waals surface area contributed by atoms with Gasteiger partial charge in [0.1, 0.15) is 0 Å². The lowest BCUT2D eigenvalue weighted by molar-refractivity contribution is 1.09. The van der Waals surface area contributed by atoms with Crippen LogP contribution in [0, 0.1) is 0 Å². The minimum Gasteiger partial charge on any atom is -0.0955 e. The maximum Gasteiger partial charge on any atom is -0.0129 e. The molecule has 1 aliphatic rings. The third-order valence-electron chi connectivity index (χ3n) is 2.66. The van der Waals surface area contributed by atoms with Gasteiger partial charge in [0, 0.05) is 0 Å². The lowest BCUT2D eigenvalue weighted by atomic mass is 9.89. The summed E-state index contributed by atoms with van der Waals surface area (Å²) in [7, 11) is 0. The first-order chi connectivity index (χ1) is 9.78. The molecule has 0 saturated carbocycles. The standard InChI is InChI=1S/C15H20.2C3H8/c1-10(2)14-12(5)8-7-9-13(6)15(14)11(3)4;2*1-3-2/h7-9H,1H2,2-6H3;2*3H2,1-2H3. The van der Waals surface area contributed by atoms with Crippen molar-refractivity contribution in [3.63, 3.8) is 0 Å².